The molecule has 11 aromatic carbocycles. The van der Waals surface area contributed by atoms with Crippen LogP contribution in [0.15, 0.2) is 285 Å². The van der Waals surface area contributed by atoms with Crippen LogP contribution < -0.4 is 4.90 Å². The van der Waals surface area contributed by atoms with Crippen molar-refractivity contribution in [2.45, 2.75) is 5.41 Å². The predicted molar refractivity (Wildman–Crippen MR) is 286 cm³/mol. The van der Waals surface area contributed by atoms with Gasteiger partial charge in [-0.3, -0.25) is 0 Å². The average Bonchev–Trinajstić information content (AvgIpc) is 3.73. The van der Waals surface area contributed by atoms with Crippen molar-refractivity contribution >= 4 is 17.1 Å². The van der Waals surface area contributed by atoms with E-state index in [1.165, 1.54) is 83.5 Å². The highest BCUT2D eigenvalue weighted by atomic mass is 15.1. The van der Waals surface area contributed by atoms with Gasteiger partial charge in [0.1, 0.15) is 0 Å². The Balaban J connectivity index is 1.08. The van der Waals surface area contributed by atoms with E-state index in [4.69, 9.17) is 0 Å². The van der Waals surface area contributed by atoms with Gasteiger partial charge < -0.3 is 4.90 Å². The molecule has 1 aliphatic carbocycles. The van der Waals surface area contributed by atoms with Crippen LogP contribution >= 0.6 is 0 Å². The van der Waals surface area contributed by atoms with Crippen molar-refractivity contribution in [3.8, 4) is 66.8 Å². The van der Waals surface area contributed by atoms with E-state index in [9.17, 15) is 0 Å². The SMILES string of the molecule is c1ccc(-c2ccc(N(c3cccc(-c4cc(-c5ccccc5)ccc4-c4ccccc4)c3)c3ccc4c(c3)C(c3ccccc3)(c3cccc(-c5ccccc5)c3)c3ccccc3-4)cc2)cc1. The summed E-state index contributed by atoms with van der Waals surface area (Å²) in [6.45, 7) is 0. The highest BCUT2D eigenvalue weighted by molar-refractivity contribution is 5.92. The van der Waals surface area contributed by atoms with Crippen molar-refractivity contribution in [2.24, 2.45) is 0 Å². The predicted octanol–water partition coefficient (Wildman–Crippen LogP) is 17.9. The first kappa shape index (κ1) is 40.7. The molecule has 0 bridgehead atoms. The van der Waals surface area contributed by atoms with Crippen LogP contribution in [0.3, 0.4) is 0 Å². The third-order valence-electron chi connectivity index (χ3n) is 13.8. The first-order valence-corrected chi connectivity index (χ1v) is 23.5. The fraction of sp³-hybridized carbons (Fsp3) is 0.0149. The maximum Gasteiger partial charge on any atom is 0.0714 e. The summed E-state index contributed by atoms with van der Waals surface area (Å²) in [5.41, 5.74) is 22.0. The second-order valence-corrected chi connectivity index (χ2v) is 17.6. The molecule has 0 heterocycles. The third kappa shape index (κ3) is 7.22. The number of fused-ring (bicyclic) bond motifs is 3. The lowest BCUT2D eigenvalue weighted by Crippen LogP contribution is -2.29. The lowest BCUT2D eigenvalue weighted by atomic mass is 9.67. The molecule has 1 atom stereocenters. The molecule has 0 fully saturated rings. The molecule has 1 heteroatoms. The van der Waals surface area contributed by atoms with E-state index in [2.05, 4.69) is 290 Å². The molecule has 68 heavy (non-hydrogen) atoms. The summed E-state index contributed by atoms with van der Waals surface area (Å²) in [4.78, 5) is 2.45. The van der Waals surface area contributed by atoms with E-state index < -0.39 is 5.41 Å². The van der Waals surface area contributed by atoms with E-state index in [1.54, 1.807) is 0 Å². The van der Waals surface area contributed by atoms with Gasteiger partial charge >= 0.3 is 0 Å². The molecule has 0 saturated heterocycles. The highest BCUT2D eigenvalue weighted by Crippen LogP contribution is 2.57. The fourth-order valence-corrected chi connectivity index (χ4v) is 10.6. The van der Waals surface area contributed by atoms with Crippen LogP contribution in [-0.2, 0) is 5.41 Å². The zero-order valence-corrected chi connectivity index (χ0v) is 37.6. The van der Waals surface area contributed by atoms with Crippen LogP contribution in [0.4, 0.5) is 17.1 Å². The van der Waals surface area contributed by atoms with Crippen molar-refractivity contribution in [3.05, 3.63) is 307 Å². The number of nitrogens with zero attached hydrogens (tertiary/aromatic N) is 1. The quantitative estimate of drug-likeness (QED) is 0.132. The van der Waals surface area contributed by atoms with Gasteiger partial charge in [-0.05, 0) is 138 Å². The molecule has 1 unspecified atom stereocenters. The Hall–Kier alpha value is -8.78. The zero-order chi connectivity index (χ0) is 45.3. The number of hydrogen-bond acceptors (Lipinski definition) is 1. The van der Waals surface area contributed by atoms with Gasteiger partial charge in [0.05, 0.1) is 5.41 Å². The van der Waals surface area contributed by atoms with E-state index >= 15 is 0 Å². The van der Waals surface area contributed by atoms with Crippen LogP contribution in [0.5, 0.6) is 0 Å². The van der Waals surface area contributed by atoms with E-state index in [0.29, 0.717) is 0 Å². The van der Waals surface area contributed by atoms with Gasteiger partial charge in [0, 0.05) is 17.1 Å². The van der Waals surface area contributed by atoms with Crippen LogP contribution in [0.2, 0.25) is 0 Å². The molecular weight excluding hydrogens is 819 g/mol. The molecule has 0 amide bonds. The minimum absolute atomic E-state index is 0.596. The Morgan fingerprint density at radius 3 is 1.32 bits per heavy atom. The molecule has 0 saturated carbocycles. The van der Waals surface area contributed by atoms with Crippen LogP contribution in [0.1, 0.15) is 22.3 Å². The van der Waals surface area contributed by atoms with Crippen LogP contribution in [-0.4, -0.2) is 0 Å². The van der Waals surface area contributed by atoms with Gasteiger partial charge in [-0.25, -0.2) is 0 Å². The smallest absolute Gasteiger partial charge is 0.0714 e. The number of benzene rings is 11. The van der Waals surface area contributed by atoms with Crippen LogP contribution in [0.25, 0.3) is 66.8 Å². The summed E-state index contributed by atoms with van der Waals surface area (Å²) < 4.78 is 0. The number of anilines is 3. The maximum atomic E-state index is 2.47. The van der Waals surface area contributed by atoms with E-state index in [1.807, 2.05) is 0 Å². The zero-order valence-electron chi connectivity index (χ0n) is 37.6. The molecule has 1 aliphatic rings. The molecule has 320 valence electrons. The monoisotopic (exact) mass is 865 g/mol. The van der Waals surface area contributed by atoms with Crippen molar-refractivity contribution in [1.82, 2.24) is 0 Å². The van der Waals surface area contributed by atoms with Gasteiger partial charge in [-0.15, -0.1) is 0 Å². The molecular formula is C67H47N. The second kappa shape index (κ2) is 17.5. The summed E-state index contributed by atoms with van der Waals surface area (Å²) in [6, 6.07) is 104. The first-order chi connectivity index (χ1) is 33.7. The number of rotatable bonds is 10. The lowest BCUT2D eigenvalue weighted by molar-refractivity contribution is 0.769. The normalized spacial score (nSPS) is 13.6. The van der Waals surface area contributed by atoms with E-state index in [0.717, 1.165) is 22.6 Å². The van der Waals surface area contributed by atoms with Crippen molar-refractivity contribution in [3.63, 3.8) is 0 Å². The van der Waals surface area contributed by atoms with Crippen LogP contribution in [0, 0.1) is 0 Å². The van der Waals surface area contributed by atoms with Crippen molar-refractivity contribution < 1.29 is 0 Å². The molecule has 0 radical (unpaired) electrons. The Morgan fingerprint density at radius 1 is 0.206 bits per heavy atom. The summed E-state index contributed by atoms with van der Waals surface area (Å²) >= 11 is 0. The van der Waals surface area contributed by atoms with Gasteiger partial charge in [0.2, 0.25) is 0 Å². The van der Waals surface area contributed by atoms with Crippen molar-refractivity contribution in [1.29, 1.82) is 0 Å². The largest absolute Gasteiger partial charge is 0.310 e. The molecule has 0 aromatic heterocycles. The molecule has 0 N–H and O–H groups in total. The molecule has 0 aliphatic heterocycles. The van der Waals surface area contributed by atoms with Gasteiger partial charge in [-0.1, -0.05) is 237 Å². The minimum Gasteiger partial charge on any atom is -0.310 e. The lowest BCUT2D eigenvalue weighted by Gasteiger charge is -2.35. The highest BCUT2D eigenvalue weighted by Gasteiger charge is 2.46. The first-order valence-electron chi connectivity index (χ1n) is 23.5. The Bertz CT molecular complexity index is 3530. The Morgan fingerprint density at radius 2 is 0.647 bits per heavy atom. The second-order valence-electron chi connectivity index (χ2n) is 17.6. The standard InChI is InChI=1S/C67H47N/c1-6-20-48(21-7-1)51-36-39-58(40-37-51)68(59-33-19-29-55(45-59)64-46-54(50-24-10-3-11-25-50)38-42-61(64)52-26-12-4-13-27-52)60-41-43-63-62-34-16-17-35-65(62)67(66(63)47-60,56-30-14-5-15-31-56)57-32-18-28-53(44-57)49-22-8-2-9-23-49/h1-47H. The Labute approximate surface area is 399 Å². The molecule has 1 nitrogen and oxygen atoms in total. The molecule has 0 spiro atoms. The topological polar surface area (TPSA) is 3.24 Å². The van der Waals surface area contributed by atoms with Gasteiger partial charge in [0.25, 0.3) is 0 Å². The summed E-state index contributed by atoms with van der Waals surface area (Å²) in [5.74, 6) is 0. The average molecular weight is 866 g/mol. The summed E-state index contributed by atoms with van der Waals surface area (Å²) in [7, 11) is 0. The van der Waals surface area contributed by atoms with E-state index in [-0.39, 0.29) is 0 Å². The van der Waals surface area contributed by atoms with Crippen molar-refractivity contribution in [2.75, 3.05) is 4.90 Å². The summed E-state index contributed by atoms with van der Waals surface area (Å²) in [6.07, 6.45) is 0. The molecule has 11 aromatic rings. The van der Waals surface area contributed by atoms with Gasteiger partial charge in [-0.2, -0.15) is 0 Å². The maximum absolute atomic E-state index is 2.47. The minimum atomic E-state index is -0.596. The van der Waals surface area contributed by atoms with Gasteiger partial charge in [0.15, 0.2) is 0 Å². The summed E-state index contributed by atoms with van der Waals surface area (Å²) in [5, 5.41) is 0. The Kier molecular flexibility index (Phi) is 10.5. The molecule has 12 rings (SSSR count). The third-order valence-corrected chi connectivity index (χ3v) is 13.8. The number of hydrogen-bond donors (Lipinski definition) is 0. The fourth-order valence-electron chi connectivity index (χ4n) is 10.6.